The maximum atomic E-state index is 12.4. The van der Waals surface area contributed by atoms with Crippen molar-refractivity contribution in [3.05, 3.63) is 23.1 Å². The lowest BCUT2D eigenvalue weighted by Crippen LogP contribution is -2.41. The Morgan fingerprint density at radius 2 is 1.80 bits per heavy atom. The van der Waals surface area contributed by atoms with Crippen molar-refractivity contribution in [1.82, 2.24) is 25.1 Å². The van der Waals surface area contributed by atoms with Crippen LogP contribution in [0.5, 0.6) is 0 Å². The molecule has 2 aromatic heterocycles. The van der Waals surface area contributed by atoms with Gasteiger partial charge in [0.1, 0.15) is 0 Å². The van der Waals surface area contributed by atoms with E-state index in [4.69, 9.17) is 11.6 Å². The summed E-state index contributed by atoms with van der Waals surface area (Å²) in [6.45, 7) is -0.937. The van der Waals surface area contributed by atoms with Gasteiger partial charge < -0.3 is 10.6 Å². The van der Waals surface area contributed by atoms with E-state index in [1.165, 1.54) is 12.8 Å². The van der Waals surface area contributed by atoms with Crippen molar-refractivity contribution in [3.63, 3.8) is 0 Å². The Morgan fingerprint density at radius 1 is 1.10 bits per heavy atom. The molecule has 2 saturated carbocycles. The largest absolute Gasteiger partial charge is 0.401 e. The molecule has 6 nitrogen and oxygen atoms in total. The van der Waals surface area contributed by atoms with Crippen molar-refractivity contribution < 1.29 is 13.2 Å². The van der Waals surface area contributed by atoms with Gasteiger partial charge in [0.15, 0.2) is 0 Å². The van der Waals surface area contributed by atoms with Crippen LogP contribution in [-0.2, 0) is 13.5 Å². The first-order chi connectivity index (χ1) is 14.3. The van der Waals surface area contributed by atoms with Crippen molar-refractivity contribution in [2.45, 2.75) is 63.2 Å². The standard InChI is InChI=1S/C20H26ClF3N6/c1-30-17(8-12-2-3-12)15(9-27-30)18-16(21)10-25-19(29-18)28-14-6-4-13(5-7-14)26-11-20(22,23)24/h9-10,12-14,26H,2-8,11H2,1H3,(H,25,28,29). The molecule has 0 bridgehead atoms. The highest BCUT2D eigenvalue weighted by Gasteiger charge is 2.30. The predicted molar refractivity (Wildman–Crippen MR) is 109 cm³/mol. The van der Waals surface area contributed by atoms with Crippen LogP contribution in [0.25, 0.3) is 11.3 Å². The fourth-order valence-corrected chi connectivity index (χ4v) is 4.20. The monoisotopic (exact) mass is 442 g/mol. The lowest BCUT2D eigenvalue weighted by Gasteiger charge is -2.30. The van der Waals surface area contributed by atoms with E-state index in [2.05, 4.69) is 25.7 Å². The fraction of sp³-hybridized carbons (Fsp3) is 0.650. The summed E-state index contributed by atoms with van der Waals surface area (Å²) in [5.41, 5.74) is 2.72. The average Bonchev–Trinajstić information content (AvgIpc) is 3.45. The molecule has 2 aliphatic rings. The topological polar surface area (TPSA) is 67.7 Å². The molecule has 0 radical (unpaired) electrons. The molecule has 2 fully saturated rings. The Hall–Kier alpha value is -1.87. The third-order valence-electron chi connectivity index (χ3n) is 5.89. The molecule has 0 atom stereocenters. The highest BCUT2D eigenvalue weighted by Crippen LogP contribution is 2.37. The molecule has 30 heavy (non-hydrogen) atoms. The van der Waals surface area contributed by atoms with Crippen LogP contribution < -0.4 is 10.6 Å². The van der Waals surface area contributed by atoms with E-state index in [1.54, 1.807) is 12.4 Å². The molecule has 2 aromatic rings. The van der Waals surface area contributed by atoms with Gasteiger partial charge in [-0.1, -0.05) is 11.6 Å². The van der Waals surface area contributed by atoms with Gasteiger partial charge in [0.2, 0.25) is 5.95 Å². The molecule has 0 spiro atoms. The molecule has 164 valence electrons. The van der Waals surface area contributed by atoms with Crippen molar-refractivity contribution in [2.75, 3.05) is 11.9 Å². The number of halogens is 4. The zero-order chi connectivity index (χ0) is 21.3. The van der Waals surface area contributed by atoms with E-state index in [0.29, 0.717) is 35.4 Å². The van der Waals surface area contributed by atoms with Gasteiger partial charge in [0.25, 0.3) is 0 Å². The number of alkyl halides is 3. The lowest BCUT2D eigenvalue weighted by molar-refractivity contribution is -0.126. The molecule has 2 N–H and O–H groups in total. The van der Waals surface area contributed by atoms with E-state index < -0.39 is 12.7 Å². The Balaban J connectivity index is 1.40. The minimum absolute atomic E-state index is 0.105. The van der Waals surface area contributed by atoms with Crippen molar-refractivity contribution in [3.8, 4) is 11.3 Å². The molecule has 0 aromatic carbocycles. The summed E-state index contributed by atoms with van der Waals surface area (Å²) < 4.78 is 39.0. The van der Waals surface area contributed by atoms with Crippen LogP contribution in [0.2, 0.25) is 5.02 Å². The summed E-state index contributed by atoms with van der Waals surface area (Å²) in [5.74, 6) is 1.20. The van der Waals surface area contributed by atoms with Gasteiger partial charge in [-0.25, -0.2) is 9.97 Å². The van der Waals surface area contributed by atoms with Gasteiger partial charge in [-0.15, -0.1) is 0 Å². The number of nitrogens with one attached hydrogen (secondary N) is 2. The molecule has 0 aliphatic heterocycles. The van der Waals surface area contributed by atoms with E-state index >= 15 is 0 Å². The number of rotatable bonds is 7. The second-order valence-electron chi connectivity index (χ2n) is 8.36. The third kappa shape index (κ3) is 5.43. The first kappa shape index (κ1) is 21.4. The molecular formula is C20H26ClF3N6. The summed E-state index contributed by atoms with van der Waals surface area (Å²) in [5, 5.41) is 10.8. The number of hydrogen-bond acceptors (Lipinski definition) is 5. The Labute approximate surface area is 178 Å². The summed E-state index contributed by atoms with van der Waals surface area (Å²) in [6, 6.07) is 0.0227. The van der Waals surface area contributed by atoms with Gasteiger partial charge in [-0.2, -0.15) is 18.3 Å². The summed E-state index contributed by atoms with van der Waals surface area (Å²) >= 11 is 6.41. The maximum Gasteiger partial charge on any atom is 0.401 e. The third-order valence-corrected chi connectivity index (χ3v) is 6.17. The number of nitrogens with zero attached hydrogens (tertiary/aromatic N) is 4. The van der Waals surface area contributed by atoms with Crippen LogP contribution in [0.3, 0.4) is 0 Å². The Kier molecular flexibility index (Phi) is 6.20. The zero-order valence-electron chi connectivity index (χ0n) is 16.8. The summed E-state index contributed by atoms with van der Waals surface area (Å²) in [7, 11) is 1.93. The van der Waals surface area contributed by atoms with E-state index in [9.17, 15) is 13.2 Å². The SMILES string of the molecule is Cn1ncc(-c2nc(NC3CCC(NCC(F)(F)F)CC3)ncc2Cl)c1CC1CC1. The van der Waals surface area contributed by atoms with Crippen molar-refractivity contribution >= 4 is 17.5 Å². The number of aromatic nitrogens is 4. The molecular weight excluding hydrogens is 417 g/mol. The van der Waals surface area contributed by atoms with Crippen LogP contribution >= 0.6 is 11.6 Å². The molecule has 0 amide bonds. The van der Waals surface area contributed by atoms with Crippen molar-refractivity contribution in [1.29, 1.82) is 0 Å². The molecule has 2 aliphatic carbocycles. The first-order valence-electron chi connectivity index (χ1n) is 10.4. The lowest BCUT2D eigenvalue weighted by atomic mass is 9.91. The minimum atomic E-state index is -4.17. The normalized spacial score (nSPS) is 22.3. The van der Waals surface area contributed by atoms with Gasteiger partial charge >= 0.3 is 6.18 Å². The van der Waals surface area contributed by atoms with Crippen LogP contribution in [-0.4, -0.2) is 44.6 Å². The zero-order valence-corrected chi connectivity index (χ0v) is 17.6. The number of anilines is 1. The van der Waals surface area contributed by atoms with Gasteiger partial charge in [0, 0.05) is 30.4 Å². The molecule has 2 heterocycles. The van der Waals surface area contributed by atoms with Crippen LogP contribution in [0.15, 0.2) is 12.4 Å². The fourth-order valence-electron chi connectivity index (χ4n) is 4.01. The molecule has 4 rings (SSSR count). The molecule has 10 heteroatoms. The quantitative estimate of drug-likeness (QED) is 0.667. The van der Waals surface area contributed by atoms with E-state index in [-0.39, 0.29) is 12.1 Å². The van der Waals surface area contributed by atoms with Crippen LogP contribution in [0.4, 0.5) is 19.1 Å². The highest BCUT2D eigenvalue weighted by molar-refractivity contribution is 6.32. The minimum Gasteiger partial charge on any atom is -0.351 e. The number of hydrogen-bond donors (Lipinski definition) is 2. The summed E-state index contributed by atoms with van der Waals surface area (Å²) in [6.07, 6.45) is 5.56. The number of aryl methyl sites for hydroxylation is 1. The maximum absolute atomic E-state index is 12.4. The Morgan fingerprint density at radius 3 is 2.47 bits per heavy atom. The average molecular weight is 443 g/mol. The predicted octanol–water partition coefficient (Wildman–Crippen LogP) is 4.36. The van der Waals surface area contributed by atoms with Crippen molar-refractivity contribution in [2.24, 2.45) is 13.0 Å². The van der Waals surface area contributed by atoms with E-state index in [0.717, 1.165) is 30.5 Å². The van der Waals surface area contributed by atoms with Gasteiger partial charge in [-0.3, -0.25) is 4.68 Å². The second-order valence-corrected chi connectivity index (χ2v) is 8.76. The van der Waals surface area contributed by atoms with Crippen LogP contribution in [0.1, 0.15) is 44.2 Å². The van der Waals surface area contributed by atoms with Crippen LogP contribution in [0, 0.1) is 5.92 Å². The van der Waals surface area contributed by atoms with Gasteiger partial charge in [0.05, 0.1) is 29.7 Å². The first-order valence-corrected chi connectivity index (χ1v) is 10.8. The van der Waals surface area contributed by atoms with Gasteiger partial charge in [-0.05, 0) is 50.9 Å². The smallest absolute Gasteiger partial charge is 0.351 e. The van der Waals surface area contributed by atoms with E-state index in [1.807, 2.05) is 11.7 Å². The summed E-state index contributed by atoms with van der Waals surface area (Å²) in [4.78, 5) is 8.96. The molecule has 0 saturated heterocycles. The second kappa shape index (κ2) is 8.70. The molecule has 0 unspecified atom stereocenters. The Bertz CT molecular complexity index is 872. The highest BCUT2D eigenvalue weighted by atomic mass is 35.5.